The highest BCUT2D eigenvalue weighted by Crippen LogP contribution is 2.62. The predicted octanol–water partition coefficient (Wildman–Crippen LogP) is 6.72. The first-order valence-electron chi connectivity index (χ1n) is 15.1. The standard InChI is InChI=1S/C36H38N4/c1-38-24-12-21-33-35(38)36(28-17-8-10-19-31(28)39(33)26-13-4-2-5-14-26)29-18-9-11-20-32(29)40(27-15-6-3-7-16-27)34-25-37-23-22-30(34)36/h2-11,13-20,30,33-35,37H,12,21-25H2,1H3. The van der Waals surface area contributed by atoms with Crippen molar-refractivity contribution in [2.45, 2.75) is 42.8 Å². The normalized spacial score (nSPS) is 29.3. The summed E-state index contributed by atoms with van der Waals surface area (Å²) in [6.07, 6.45) is 3.60. The van der Waals surface area contributed by atoms with Crippen LogP contribution in [0.4, 0.5) is 22.7 Å². The van der Waals surface area contributed by atoms with E-state index in [0.29, 0.717) is 24.0 Å². The first-order chi connectivity index (χ1) is 19.8. The Morgan fingerprint density at radius 3 is 1.82 bits per heavy atom. The van der Waals surface area contributed by atoms with Gasteiger partial charge >= 0.3 is 0 Å². The maximum absolute atomic E-state index is 3.81. The lowest BCUT2D eigenvalue weighted by Gasteiger charge is -2.66. The highest BCUT2D eigenvalue weighted by atomic mass is 15.3. The Kier molecular flexibility index (Phi) is 5.75. The topological polar surface area (TPSA) is 21.8 Å². The van der Waals surface area contributed by atoms with Crippen molar-refractivity contribution < 1.29 is 0 Å². The molecule has 8 rings (SSSR count). The van der Waals surface area contributed by atoms with E-state index in [9.17, 15) is 0 Å². The zero-order chi connectivity index (χ0) is 26.7. The summed E-state index contributed by atoms with van der Waals surface area (Å²) in [4.78, 5) is 8.10. The van der Waals surface area contributed by atoms with E-state index < -0.39 is 0 Å². The number of benzene rings is 4. The highest BCUT2D eigenvalue weighted by Gasteiger charge is 2.63. The number of nitrogens with zero attached hydrogens (tertiary/aromatic N) is 3. The summed E-state index contributed by atoms with van der Waals surface area (Å²) < 4.78 is 0. The van der Waals surface area contributed by atoms with Crippen molar-refractivity contribution in [1.29, 1.82) is 0 Å². The Balaban J connectivity index is 1.46. The van der Waals surface area contributed by atoms with Crippen LogP contribution in [0, 0.1) is 5.92 Å². The second kappa shape index (κ2) is 9.50. The molecule has 5 unspecified atom stereocenters. The number of fused-ring (bicyclic) bond motifs is 8. The van der Waals surface area contributed by atoms with Gasteiger partial charge in [-0.15, -0.1) is 0 Å². The minimum atomic E-state index is -0.101. The van der Waals surface area contributed by atoms with Crippen LogP contribution in [0.3, 0.4) is 0 Å². The number of hydrogen-bond acceptors (Lipinski definition) is 4. The fourth-order valence-electron chi connectivity index (χ4n) is 9.05. The van der Waals surface area contributed by atoms with E-state index in [1.807, 2.05) is 0 Å². The van der Waals surface area contributed by atoms with E-state index in [1.54, 1.807) is 0 Å². The van der Waals surface area contributed by atoms with E-state index in [4.69, 9.17) is 0 Å². The van der Waals surface area contributed by atoms with Gasteiger partial charge in [-0.2, -0.15) is 0 Å². The molecule has 0 bridgehead atoms. The fourth-order valence-corrected chi connectivity index (χ4v) is 9.05. The molecule has 0 saturated carbocycles. The van der Waals surface area contributed by atoms with Gasteiger partial charge in [0.1, 0.15) is 0 Å². The van der Waals surface area contributed by atoms with Crippen molar-refractivity contribution in [2.24, 2.45) is 5.92 Å². The summed E-state index contributed by atoms with van der Waals surface area (Å²) in [6.45, 7) is 3.22. The first-order valence-corrected chi connectivity index (χ1v) is 15.1. The van der Waals surface area contributed by atoms with Crippen LogP contribution in [-0.4, -0.2) is 49.7 Å². The number of anilines is 4. The molecule has 4 aliphatic heterocycles. The molecule has 4 heterocycles. The summed E-state index contributed by atoms with van der Waals surface area (Å²) in [6, 6.07) is 42.2. The average Bonchev–Trinajstić information content (AvgIpc) is 3.02. The number of piperidine rings is 2. The Labute approximate surface area is 238 Å². The van der Waals surface area contributed by atoms with Gasteiger partial charge in [0.05, 0.1) is 12.1 Å². The molecule has 4 aliphatic rings. The van der Waals surface area contributed by atoms with E-state index in [0.717, 1.165) is 19.6 Å². The Morgan fingerprint density at radius 1 is 0.650 bits per heavy atom. The van der Waals surface area contributed by atoms with E-state index in [2.05, 4.69) is 136 Å². The molecule has 0 aliphatic carbocycles. The van der Waals surface area contributed by atoms with Gasteiger partial charge in [0.25, 0.3) is 0 Å². The van der Waals surface area contributed by atoms with Gasteiger partial charge in [-0.25, -0.2) is 0 Å². The van der Waals surface area contributed by atoms with Crippen LogP contribution in [0.25, 0.3) is 0 Å². The Bertz CT molecular complexity index is 1460. The molecule has 4 heteroatoms. The SMILES string of the molecule is CN1CCCC2C1C1(c3ccccc3N(c3ccccc3)C3CNCCC31)c1ccccc1N2c1ccccc1. The average molecular weight is 527 g/mol. The largest absolute Gasteiger partial charge is 0.337 e. The number of para-hydroxylation sites is 4. The van der Waals surface area contributed by atoms with Crippen LogP contribution < -0.4 is 15.1 Å². The fraction of sp³-hybridized carbons (Fsp3) is 0.333. The summed E-state index contributed by atoms with van der Waals surface area (Å²) in [5.41, 5.74) is 8.29. The smallest absolute Gasteiger partial charge is 0.0510 e. The predicted molar refractivity (Wildman–Crippen MR) is 165 cm³/mol. The third-order valence-electron chi connectivity index (χ3n) is 10.3. The van der Waals surface area contributed by atoms with Crippen LogP contribution in [-0.2, 0) is 5.41 Å². The van der Waals surface area contributed by atoms with Crippen LogP contribution in [0.15, 0.2) is 109 Å². The molecule has 40 heavy (non-hydrogen) atoms. The molecular formula is C36H38N4. The molecule has 0 amide bonds. The Morgan fingerprint density at radius 2 is 1.20 bits per heavy atom. The maximum atomic E-state index is 3.81. The molecule has 0 aromatic heterocycles. The monoisotopic (exact) mass is 526 g/mol. The van der Waals surface area contributed by atoms with Crippen LogP contribution >= 0.6 is 0 Å². The molecule has 2 saturated heterocycles. The molecule has 5 atom stereocenters. The lowest BCUT2D eigenvalue weighted by molar-refractivity contribution is 0.0427. The summed E-state index contributed by atoms with van der Waals surface area (Å²) in [5, 5.41) is 3.81. The third kappa shape index (κ3) is 3.33. The third-order valence-corrected chi connectivity index (χ3v) is 10.3. The number of likely N-dealkylation sites (tertiary alicyclic amines) is 1. The summed E-state index contributed by atoms with van der Waals surface area (Å²) in [5.74, 6) is 0.482. The number of nitrogens with one attached hydrogen (secondary N) is 1. The van der Waals surface area contributed by atoms with Gasteiger partial charge in [0.15, 0.2) is 0 Å². The second-order valence-corrected chi connectivity index (χ2v) is 12.1. The minimum absolute atomic E-state index is 0.101. The quantitative estimate of drug-likeness (QED) is 0.313. The van der Waals surface area contributed by atoms with Crippen LogP contribution in [0.2, 0.25) is 0 Å². The van der Waals surface area contributed by atoms with Crippen molar-refractivity contribution >= 4 is 22.7 Å². The molecular weight excluding hydrogens is 488 g/mol. The molecule has 202 valence electrons. The van der Waals surface area contributed by atoms with Crippen molar-refractivity contribution in [1.82, 2.24) is 10.2 Å². The number of rotatable bonds is 2. The van der Waals surface area contributed by atoms with Crippen LogP contribution in [0.1, 0.15) is 30.4 Å². The van der Waals surface area contributed by atoms with Gasteiger partial charge in [0.2, 0.25) is 0 Å². The maximum Gasteiger partial charge on any atom is 0.0510 e. The molecule has 1 N–H and O–H groups in total. The Hall–Kier alpha value is -3.60. The van der Waals surface area contributed by atoms with E-state index in [1.165, 1.54) is 53.1 Å². The molecule has 2 fully saturated rings. The molecule has 4 aromatic rings. The van der Waals surface area contributed by atoms with Crippen molar-refractivity contribution in [3.63, 3.8) is 0 Å². The molecule has 4 aromatic carbocycles. The van der Waals surface area contributed by atoms with Gasteiger partial charge in [-0.1, -0.05) is 72.8 Å². The van der Waals surface area contributed by atoms with Gasteiger partial charge in [-0.3, -0.25) is 0 Å². The first kappa shape index (κ1) is 24.2. The zero-order valence-corrected chi connectivity index (χ0v) is 23.3. The minimum Gasteiger partial charge on any atom is -0.337 e. The lowest BCUT2D eigenvalue weighted by Crippen LogP contribution is -2.72. The van der Waals surface area contributed by atoms with Crippen molar-refractivity contribution in [3.8, 4) is 0 Å². The number of hydrogen-bond donors (Lipinski definition) is 1. The van der Waals surface area contributed by atoms with Gasteiger partial charge in [0, 0.05) is 40.8 Å². The summed E-state index contributed by atoms with van der Waals surface area (Å²) in [7, 11) is 2.40. The van der Waals surface area contributed by atoms with Crippen molar-refractivity contribution in [3.05, 3.63) is 120 Å². The van der Waals surface area contributed by atoms with E-state index in [-0.39, 0.29) is 5.41 Å². The zero-order valence-electron chi connectivity index (χ0n) is 23.3. The highest BCUT2D eigenvalue weighted by molar-refractivity contribution is 5.80. The number of likely N-dealkylation sites (N-methyl/N-ethyl adjacent to an activating group) is 1. The lowest BCUT2D eigenvalue weighted by atomic mass is 9.51. The molecule has 0 radical (unpaired) electrons. The van der Waals surface area contributed by atoms with Gasteiger partial charge < -0.3 is 20.0 Å². The summed E-state index contributed by atoms with van der Waals surface area (Å²) >= 11 is 0. The van der Waals surface area contributed by atoms with Gasteiger partial charge in [-0.05, 0) is 92.8 Å². The second-order valence-electron chi connectivity index (χ2n) is 12.1. The molecule has 4 nitrogen and oxygen atoms in total. The molecule has 1 spiro atoms. The van der Waals surface area contributed by atoms with Crippen molar-refractivity contribution in [2.75, 3.05) is 36.5 Å². The van der Waals surface area contributed by atoms with Crippen LogP contribution in [0.5, 0.6) is 0 Å². The van der Waals surface area contributed by atoms with E-state index >= 15 is 0 Å².